The molecule has 3 aliphatic heterocycles. The quantitative estimate of drug-likeness (QED) is 0.0138. The first-order valence-corrected chi connectivity index (χ1v) is 41.9. The Morgan fingerprint density at radius 1 is 0.509 bits per heavy atom. The van der Waals surface area contributed by atoms with Crippen molar-refractivity contribution >= 4 is 150 Å². The monoisotopic (exact) mass is 1650 g/mol. The normalized spacial score (nSPS) is 15.1. The van der Waals surface area contributed by atoms with Crippen LogP contribution in [0.25, 0.3) is 0 Å². The van der Waals surface area contributed by atoms with Crippen LogP contribution in [0.4, 0.5) is 0 Å². The first-order chi connectivity index (χ1) is 53.7. The molecule has 0 aromatic heterocycles. The third kappa shape index (κ3) is 36.2. The molecule has 2 atom stereocenters. The predicted octanol–water partition coefficient (Wildman–Crippen LogP) is 2.78. The summed E-state index contributed by atoms with van der Waals surface area (Å²) in [6.45, 7) is 6.59. The number of nitrogens with zero attached hydrogens (tertiary/aromatic N) is 3. The van der Waals surface area contributed by atoms with E-state index >= 15 is 0 Å². The average Bonchev–Trinajstić information content (AvgIpc) is 1.72. The van der Waals surface area contributed by atoms with Crippen LogP contribution in [-0.2, 0) is 137 Å². The number of likely N-dealkylation sites (tertiary alicyclic amines) is 2. The molecule has 4 N–H and O–H groups in total. The lowest BCUT2D eigenvalue weighted by atomic mass is 9.75. The molecule has 0 radical (unpaired) electrons. The van der Waals surface area contributed by atoms with E-state index in [0.717, 1.165) is 45.9 Å². The Morgan fingerprint density at radius 2 is 0.991 bits per heavy atom. The topological polar surface area (TPSA) is 443 Å². The summed E-state index contributed by atoms with van der Waals surface area (Å²) in [6, 6.07) is 7.10. The molecule has 112 heavy (non-hydrogen) atoms. The summed E-state index contributed by atoms with van der Waals surface area (Å²) < 4.78 is 47.9. The second-order valence-electron chi connectivity index (χ2n) is 26.1. The van der Waals surface area contributed by atoms with Gasteiger partial charge in [-0.25, -0.2) is 4.79 Å². The number of benzene rings is 1. The highest BCUT2D eigenvalue weighted by atomic mass is 33.2. The summed E-state index contributed by atoms with van der Waals surface area (Å²) in [4.78, 5) is 219. The predicted molar refractivity (Wildman–Crippen MR) is 414 cm³/mol. The van der Waals surface area contributed by atoms with Gasteiger partial charge in [0, 0.05) is 115 Å². The molecule has 8 amide bonds. The van der Waals surface area contributed by atoms with E-state index in [-0.39, 0.29) is 165 Å². The van der Waals surface area contributed by atoms with E-state index in [1.807, 2.05) is 0 Å². The van der Waals surface area contributed by atoms with Crippen molar-refractivity contribution in [1.82, 2.24) is 30.7 Å². The first-order valence-electron chi connectivity index (χ1n) is 37.6. The number of imide groups is 2. The molecule has 33 nitrogen and oxygen atoms in total. The van der Waals surface area contributed by atoms with Gasteiger partial charge in [-0.2, -0.15) is 0 Å². The van der Waals surface area contributed by atoms with Gasteiger partial charge in [-0.3, -0.25) is 86.5 Å². The van der Waals surface area contributed by atoms with E-state index in [1.165, 1.54) is 47.2 Å². The number of ether oxygens (including phenoxy) is 9. The van der Waals surface area contributed by atoms with Gasteiger partial charge in [0.05, 0.1) is 96.4 Å². The molecule has 624 valence electrons. The van der Waals surface area contributed by atoms with Crippen LogP contribution in [-0.4, -0.2) is 304 Å². The van der Waals surface area contributed by atoms with Gasteiger partial charge < -0.3 is 68.9 Å². The van der Waals surface area contributed by atoms with Crippen LogP contribution in [0.2, 0.25) is 0 Å². The largest absolute Gasteiger partial charge is 0.462 e. The standard InChI is InChI=1S/C75H109N7O26S4/c1-6-58(86)13-8-14-59(87)20-19-55-15-17-56(18-16-55)45-60(88)50-107-51-70(96)80(48-66(92)77-23-26-81-68(94)46-61(71(81)97)109-43-10-12-57(76)11-9-28-100-31-34-103-37-38-104-35-32-101-29-21-64(90)75(54(5)85)111-112-75)49-67(93)78-24-27-82-69(95)47-62(72(82)98)110-44-22-65(91)79-25-30-102-33-36-105-39-40-106-41-42-108-73(99)74(52(3)83,53(4)84)63(89)7-2/h15-18,61-62,76H,6-14,19-51H2,1-5H3,(H,77,92)(H,78,93)(H,79,91). The van der Waals surface area contributed by atoms with Gasteiger partial charge in [-0.1, -0.05) is 59.7 Å². The van der Waals surface area contributed by atoms with Crippen LogP contribution in [0, 0.1) is 10.8 Å². The number of Topliss-reactive ketones (excluding diaryl/α,β-unsaturated/α-hetero) is 8. The molecular formula is C75H109N7O26S4. The van der Waals surface area contributed by atoms with Crippen LogP contribution in [0.5, 0.6) is 0 Å². The Morgan fingerprint density at radius 3 is 1.51 bits per heavy atom. The molecule has 1 aromatic carbocycles. The number of amides is 8. The first kappa shape index (κ1) is 97.3. The third-order valence-corrected chi connectivity index (χ3v) is 23.1. The van der Waals surface area contributed by atoms with Crippen LogP contribution in [0.3, 0.4) is 0 Å². The summed E-state index contributed by atoms with van der Waals surface area (Å²) >= 11 is 2.44. The molecular weight excluding hydrogens is 1540 g/mol. The smallest absolute Gasteiger partial charge is 0.335 e. The molecule has 0 spiro atoms. The van der Waals surface area contributed by atoms with E-state index < -0.39 is 111 Å². The lowest BCUT2D eigenvalue weighted by Gasteiger charge is -2.24. The van der Waals surface area contributed by atoms with Crippen LogP contribution in [0.15, 0.2) is 24.3 Å². The fourth-order valence-electron chi connectivity index (χ4n) is 11.2. The molecule has 3 heterocycles. The number of hydrogen-bond acceptors (Lipinski definition) is 31. The fraction of sp³-hybridized carbons (Fsp3) is 0.680. The second-order valence-corrected chi connectivity index (χ2v) is 31.6. The Kier molecular flexibility index (Phi) is 47.5. The lowest BCUT2D eigenvalue weighted by molar-refractivity contribution is -0.168. The van der Waals surface area contributed by atoms with Crippen LogP contribution >= 0.6 is 45.1 Å². The Balaban J connectivity index is 1.12. The second kappa shape index (κ2) is 54.7. The summed E-state index contributed by atoms with van der Waals surface area (Å²) in [6.07, 6.45) is 4.48. The molecule has 1 aromatic rings. The van der Waals surface area contributed by atoms with Crippen molar-refractivity contribution in [3.8, 4) is 0 Å². The summed E-state index contributed by atoms with van der Waals surface area (Å²) in [5, 5.41) is 14.8. The van der Waals surface area contributed by atoms with E-state index in [1.54, 1.807) is 31.2 Å². The van der Waals surface area contributed by atoms with E-state index in [2.05, 4.69) is 16.0 Å². The highest BCUT2D eigenvalue weighted by molar-refractivity contribution is 8.94. The molecule has 3 fully saturated rings. The van der Waals surface area contributed by atoms with Gasteiger partial charge in [0.15, 0.2) is 38.8 Å². The van der Waals surface area contributed by atoms with E-state index in [9.17, 15) is 81.5 Å². The number of nitrogens with one attached hydrogen (secondary N) is 4. The van der Waals surface area contributed by atoms with Gasteiger partial charge in [0.2, 0.25) is 52.7 Å². The van der Waals surface area contributed by atoms with Crippen molar-refractivity contribution in [3.05, 3.63) is 35.4 Å². The third-order valence-electron chi connectivity index (χ3n) is 17.6. The highest BCUT2D eigenvalue weighted by Gasteiger charge is 2.57. The van der Waals surface area contributed by atoms with Crippen molar-refractivity contribution in [2.24, 2.45) is 5.41 Å². The molecule has 3 aliphatic rings. The maximum atomic E-state index is 13.7. The number of hydrogen-bond donors (Lipinski definition) is 4. The summed E-state index contributed by atoms with van der Waals surface area (Å²) in [5.41, 5.74) is -0.423. The minimum atomic E-state index is -2.49. The Hall–Kier alpha value is -7.04. The van der Waals surface area contributed by atoms with Gasteiger partial charge in [-0.15, -0.1) is 23.5 Å². The lowest BCUT2D eigenvalue weighted by Crippen LogP contribution is -2.51. The Bertz CT molecular complexity index is 3350. The van der Waals surface area contributed by atoms with Crippen LogP contribution in [0.1, 0.15) is 136 Å². The number of aryl methyl sites for hydroxylation is 1. The number of rotatable bonds is 68. The van der Waals surface area contributed by atoms with E-state index in [0.29, 0.717) is 127 Å². The Labute approximate surface area is 669 Å². The molecule has 0 aliphatic carbocycles. The van der Waals surface area contributed by atoms with Gasteiger partial charge in [0.25, 0.3) is 0 Å². The minimum absolute atomic E-state index is 0.0275. The van der Waals surface area contributed by atoms with Gasteiger partial charge in [-0.05, 0) is 76.2 Å². The van der Waals surface area contributed by atoms with Crippen molar-refractivity contribution in [1.29, 1.82) is 5.41 Å². The fourth-order valence-corrected chi connectivity index (χ4v) is 15.7. The van der Waals surface area contributed by atoms with Gasteiger partial charge >= 0.3 is 5.97 Å². The molecule has 2 unspecified atom stereocenters. The summed E-state index contributed by atoms with van der Waals surface area (Å²) in [7, 11) is 2.56. The molecule has 0 bridgehead atoms. The molecule has 4 rings (SSSR count). The minimum Gasteiger partial charge on any atom is -0.462 e. The van der Waals surface area contributed by atoms with E-state index in [4.69, 9.17) is 48.0 Å². The van der Waals surface area contributed by atoms with Gasteiger partial charge in [0.1, 0.15) is 44.5 Å². The number of carbonyl (C=O) groups excluding carboxylic acids is 17. The maximum absolute atomic E-state index is 13.7. The molecule has 3 saturated heterocycles. The number of thioether (sulfide) groups is 2. The average molecular weight is 1650 g/mol. The van der Waals surface area contributed by atoms with Crippen molar-refractivity contribution in [2.45, 2.75) is 152 Å². The zero-order valence-electron chi connectivity index (χ0n) is 64.8. The number of ketones is 8. The number of carbonyl (C=O) groups is 17. The molecule has 0 saturated carbocycles. The van der Waals surface area contributed by atoms with Crippen LogP contribution < -0.4 is 16.0 Å². The molecule has 37 heteroatoms. The van der Waals surface area contributed by atoms with Crippen molar-refractivity contribution in [3.63, 3.8) is 0 Å². The highest BCUT2D eigenvalue weighted by Crippen LogP contribution is 2.66. The summed E-state index contributed by atoms with van der Waals surface area (Å²) in [5.74, 6) is -8.27. The maximum Gasteiger partial charge on any atom is 0.335 e. The van der Waals surface area contributed by atoms with Crippen molar-refractivity contribution < 1.29 is 124 Å². The zero-order valence-corrected chi connectivity index (χ0v) is 68.0. The van der Waals surface area contributed by atoms with Crippen molar-refractivity contribution in [2.75, 3.05) is 170 Å². The zero-order chi connectivity index (χ0) is 82.3. The number of esters is 1. The SMILES string of the molecule is CCC(=O)CCCC(=O)CCc1ccc(CC(=O)COCC(=O)N(CC(=O)NCCN2C(=O)CC(SCCCC(=N)CCCOCCOCCOCCOCCC(=O)C3(C(C)=O)SS3)C2=O)CC(=O)NCCN2C(=O)CC(SCCC(=O)NCCOCCOCCOCCOC(=O)C(C(C)=O)(C(C)=O)C(=O)CC)C2=O)cc1.